The molecule has 2 atom stereocenters. The second kappa shape index (κ2) is 6.84. The maximum Gasteiger partial charge on any atom is 0.0904 e. The topological polar surface area (TPSA) is 24.5 Å². The van der Waals surface area contributed by atoms with Crippen LogP contribution in [0.1, 0.15) is 36.6 Å². The van der Waals surface area contributed by atoms with Crippen molar-refractivity contribution in [2.75, 3.05) is 26.7 Å². The zero-order chi connectivity index (χ0) is 13.8. The average Bonchev–Trinajstić information content (AvgIpc) is 2.87. The van der Waals surface area contributed by atoms with Gasteiger partial charge in [0.05, 0.1) is 18.8 Å². The van der Waals surface area contributed by atoms with E-state index in [0.29, 0.717) is 12.1 Å². The summed E-state index contributed by atoms with van der Waals surface area (Å²) in [6, 6.07) is 5.51. The largest absolute Gasteiger partial charge is 0.374 e. The first-order chi connectivity index (χ1) is 9.17. The molecule has 1 aromatic heterocycles. The molecule has 3 nitrogen and oxygen atoms in total. The molecular formula is C15H26N2OS. The van der Waals surface area contributed by atoms with Gasteiger partial charge in [-0.25, -0.2) is 0 Å². The Kier molecular flexibility index (Phi) is 5.39. The summed E-state index contributed by atoms with van der Waals surface area (Å²) in [7, 11) is 2.00. The van der Waals surface area contributed by atoms with E-state index in [9.17, 15) is 0 Å². The lowest BCUT2D eigenvalue weighted by Gasteiger charge is -2.43. The van der Waals surface area contributed by atoms with E-state index in [1.165, 1.54) is 9.75 Å². The molecule has 1 saturated heterocycles. The lowest BCUT2D eigenvalue weighted by molar-refractivity contribution is -0.0803. The van der Waals surface area contributed by atoms with Crippen molar-refractivity contribution < 1.29 is 4.74 Å². The van der Waals surface area contributed by atoms with Crippen LogP contribution >= 0.6 is 11.3 Å². The van der Waals surface area contributed by atoms with Crippen LogP contribution in [0.3, 0.4) is 0 Å². The molecule has 1 aliphatic heterocycles. The van der Waals surface area contributed by atoms with Gasteiger partial charge in [0.15, 0.2) is 0 Å². The SMILES string of the molecule is CCc1ccc(C2C(CNC)OCCN2C(C)C)s1. The van der Waals surface area contributed by atoms with Crippen molar-refractivity contribution in [3.05, 3.63) is 21.9 Å². The second-order valence-corrected chi connectivity index (χ2v) is 6.60. The Bertz CT molecular complexity index is 389. The fraction of sp³-hybridized carbons (Fsp3) is 0.733. The van der Waals surface area contributed by atoms with E-state index in [1.807, 2.05) is 18.4 Å². The van der Waals surface area contributed by atoms with E-state index >= 15 is 0 Å². The summed E-state index contributed by atoms with van der Waals surface area (Å²) >= 11 is 1.94. The first kappa shape index (κ1) is 15.0. The maximum absolute atomic E-state index is 6.01. The van der Waals surface area contributed by atoms with Gasteiger partial charge in [-0.3, -0.25) is 4.90 Å². The highest BCUT2D eigenvalue weighted by molar-refractivity contribution is 7.12. The van der Waals surface area contributed by atoms with Crippen molar-refractivity contribution in [2.24, 2.45) is 0 Å². The first-order valence-corrected chi connectivity index (χ1v) is 8.09. The highest BCUT2D eigenvalue weighted by Crippen LogP contribution is 2.35. The molecule has 2 rings (SSSR count). The van der Waals surface area contributed by atoms with Crippen LogP contribution in [0.4, 0.5) is 0 Å². The molecule has 0 radical (unpaired) electrons. The van der Waals surface area contributed by atoms with Crippen LogP contribution in [0.15, 0.2) is 12.1 Å². The molecule has 1 fully saturated rings. The third-order valence-electron chi connectivity index (χ3n) is 3.78. The third-order valence-corrected chi connectivity index (χ3v) is 5.08. The number of likely N-dealkylation sites (N-methyl/N-ethyl adjacent to an activating group) is 1. The predicted molar refractivity (Wildman–Crippen MR) is 81.9 cm³/mol. The average molecular weight is 282 g/mol. The summed E-state index contributed by atoms with van der Waals surface area (Å²) in [4.78, 5) is 5.49. The summed E-state index contributed by atoms with van der Waals surface area (Å²) in [5.41, 5.74) is 0. The number of aryl methyl sites for hydroxylation is 1. The molecule has 0 amide bonds. The summed E-state index contributed by atoms with van der Waals surface area (Å²) in [5.74, 6) is 0. The molecular weight excluding hydrogens is 256 g/mol. The van der Waals surface area contributed by atoms with Gasteiger partial charge in [0.1, 0.15) is 0 Å². The Morgan fingerprint density at radius 3 is 2.84 bits per heavy atom. The van der Waals surface area contributed by atoms with Gasteiger partial charge in [-0.1, -0.05) is 6.92 Å². The van der Waals surface area contributed by atoms with E-state index in [-0.39, 0.29) is 6.10 Å². The number of nitrogens with zero attached hydrogens (tertiary/aromatic N) is 1. The molecule has 0 saturated carbocycles. The molecule has 19 heavy (non-hydrogen) atoms. The molecule has 1 aliphatic rings. The molecule has 1 aromatic rings. The normalized spacial score (nSPS) is 25.1. The Hall–Kier alpha value is -0.420. The molecule has 0 spiro atoms. The highest BCUT2D eigenvalue weighted by Gasteiger charge is 2.35. The minimum absolute atomic E-state index is 0.254. The summed E-state index contributed by atoms with van der Waals surface area (Å²) in [6.07, 6.45) is 1.38. The molecule has 108 valence electrons. The van der Waals surface area contributed by atoms with Crippen LogP contribution in [0.25, 0.3) is 0 Å². The van der Waals surface area contributed by atoms with Crippen molar-refractivity contribution in [3.63, 3.8) is 0 Å². The Morgan fingerprint density at radius 2 is 2.26 bits per heavy atom. The number of nitrogens with one attached hydrogen (secondary N) is 1. The maximum atomic E-state index is 6.01. The summed E-state index contributed by atoms with van der Waals surface area (Å²) < 4.78 is 6.01. The van der Waals surface area contributed by atoms with Crippen molar-refractivity contribution in [3.8, 4) is 0 Å². The van der Waals surface area contributed by atoms with Gasteiger partial charge in [0.2, 0.25) is 0 Å². The van der Waals surface area contributed by atoms with Gasteiger partial charge in [-0.2, -0.15) is 0 Å². The number of hydrogen-bond donors (Lipinski definition) is 1. The monoisotopic (exact) mass is 282 g/mol. The van der Waals surface area contributed by atoms with Crippen molar-refractivity contribution >= 4 is 11.3 Å². The van der Waals surface area contributed by atoms with Crippen molar-refractivity contribution in [1.29, 1.82) is 0 Å². The van der Waals surface area contributed by atoms with Gasteiger partial charge in [0.25, 0.3) is 0 Å². The number of thiophene rings is 1. The van der Waals surface area contributed by atoms with Gasteiger partial charge >= 0.3 is 0 Å². The fourth-order valence-electron chi connectivity index (χ4n) is 2.79. The van der Waals surface area contributed by atoms with E-state index in [0.717, 1.165) is 26.1 Å². The molecule has 0 aromatic carbocycles. The predicted octanol–water partition coefficient (Wildman–Crippen LogP) is 2.68. The molecule has 0 aliphatic carbocycles. The minimum Gasteiger partial charge on any atom is -0.374 e. The van der Waals surface area contributed by atoms with E-state index in [1.54, 1.807) is 0 Å². The zero-order valence-corrected chi connectivity index (χ0v) is 13.3. The molecule has 4 heteroatoms. The fourth-order valence-corrected chi connectivity index (χ4v) is 3.92. The minimum atomic E-state index is 0.254. The van der Waals surface area contributed by atoms with E-state index in [2.05, 4.69) is 43.1 Å². The van der Waals surface area contributed by atoms with Gasteiger partial charge in [-0.15, -0.1) is 11.3 Å². The summed E-state index contributed by atoms with van der Waals surface area (Å²) in [6.45, 7) is 9.56. The Morgan fingerprint density at radius 1 is 1.47 bits per heavy atom. The van der Waals surface area contributed by atoms with Crippen molar-refractivity contribution in [1.82, 2.24) is 10.2 Å². The lowest BCUT2D eigenvalue weighted by Crippen LogP contribution is -2.50. The molecule has 0 bridgehead atoms. The van der Waals surface area contributed by atoms with E-state index < -0.39 is 0 Å². The van der Waals surface area contributed by atoms with Crippen LogP contribution in [-0.4, -0.2) is 43.8 Å². The van der Waals surface area contributed by atoms with Gasteiger partial charge in [0, 0.05) is 28.9 Å². The van der Waals surface area contributed by atoms with E-state index in [4.69, 9.17) is 4.74 Å². The second-order valence-electron chi connectivity index (χ2n) is 5.40. The van der Waals surface area contributed by atoms with Crippen LogP contribution in [-0.2, 0) is 11.2 Å². The lowest BCUT2D eigenvalue weighted by atomic mass is 10.0. The van der Waals surface area contributed by atoms with Crippen LogP contribution in [0.2, 0.25) is 0 Å². The Labute approximate surface area is 121 Å². The number of hydrogen-bond acceptors (Lipinski definition) is 4. The number of morpholine rings is 1. The standard InChI is InChI=1S/C15H26N2OS/c1-5-12-6-7-14(19-12)15-13(10-16-4)18-9-8-17(15)11(2)3/h6-7,11,13,15-16H,5,8-10H2,1-4H3. The van der Waals surface area contributed by atoms with Crippen LogP contribution in [0, 0.1) is 0 Å². The summed E-state index contributed by atoms with van der Waals surface area (Å²) in [5, 5.41) is 3.27. The highest BCUT2D eigenvalue weighted by atomic mass is 32.1. The van der Waals surface area contributed by atoms with Gasteiger partial charge in [-0.05, 0) is 39.4 Å². The molecule has 2 unspecified atom stereocenters. The van der Waals surface area contributed by atoms with Crippen LogP contribution < -0.4 is 5.32 Å². The first-order valence-electron chi connectivity index (χ1n) is 7.28. The third kappa shape index (κ3) is 3.37. The van der Waals surface area contributed by atoms with Crippen LogP contribution in [0.5, 0.6) is 0 Å². The Balaban J connectivity index is 2.25. The smallest absolute Gasteiger partial charge is 0.0904 e. The number of rotatable bonds is 5. The molecule has 2 heterocycles. The quantitative estimate of drug-likeness (QED) is 0.898. The zero-order valence-electron chi connectivity index (χ0n) is 12.5. The molecule has 1 N–H and O–H groups in total. The number of ether oxygens (including phenoxy) is 1. The van der Waals surface area contributed by atoms with Gasteiger partial charge < -0.3 is 10.1 Å². The van der Waals surface area contributed by atoms with Crippen molar-refractivity contribution in [2.45, 2.75) is 45.4 Å².